The van der Waals surface area contributed by atoms with Gasteiger partial charge in [0.1, 0.15) is 0 Å². The van der Waals surface area contributed by atoms with Gasteiger partial charge in [0.05, 0.1) is 18.3 Å². The summed E-state index contributed by atoms with van der Waals surface area (Å²) >= 11 is 5.94. The number of nitrogens with zero attached hydrogens (tertiary/aromatic N) is 1. The third-order valence-electron chi connectivity index (χ3n) is 5.61. The summed E-state index contributed by atoms with van der Waals surface area (Å²) in [5.74, 6) is -1.96. The summed E-state index contributed by atoms with van der Waals surface area (Å²) in [5, 5.41) is 3.16. The molecule has 1 aromatic rings. The summed E-state index contributed by atoms with van der Waals surface area (Å²) in [6.45, 7) is 3.28. The van der Waals surface area contributed by atoms with Crippen molar-refractivity contribution in [3.8, 4) is 0 Å². The van der Waals surface area contributed by atoms with Gasteiger partial charge in [-0.3, -0.25) is 24.1 Å². The Morgan fingerprint density at radius 3 is 2.45 bits per heavy atom. The lowest BCUT2D eigenvalue weighted by Gasteiger charge is -2.19. The molecule has 0 bridgehead atoms. The van der Waals surface area contributed by atoms with Crippen molar-refractivity contribution < 1.29 is 23.9 Å². The molecule has 2 fully saturated rings. The van der Waals surface area contributed by atoms with E-state index in [9.17, 15) is 19.2 Å². The van der Waals surface area contributed by atoms with Crippen molar-refractivity contribution in [2.45, 2.75) is 52.1 Å². The highest BCUT2D eigenvalue weighted by Crippen LogP contribution is 2.38. The second kappa shape index (κ2) is 8.95. The fraction of sp³-hybridized carbons (Fsp3) is 0.524. The van der Waals surface area contributed by atoms with E-state index in [4.69, 9.17) is 16.3 Å². The van der Waals surface area contributed by atoms with Gasteiger partial charge in [-0.05, 0) is 44.4 Å². The molecule has 0 unspecified atom stereocenters. The number of hydrogen-bond donors (Lipinski definition) is 1. The molecule has 0 spiro atoms. The van der Waals surface area contributed by atoms with E-state index in [1.165, 1.54) is 11.8 Å². The SMILES string of the molecule is Cc1ccc(Cl)cc1NC(=O)[C@@H](C)OC(=O)CCN1C(=O)[C@H]2CCCC[C@H]2C1=O. The second-order valence-corrected chi connectivity index (χ2v) is 8.09. The van der Waals surface area contributed by atoms with Crippen LogP contribution in [0.3, 0.4) is 0 Å². The number of carbonyl (C=O) groups excluding carboxylic acids is 4. The molecule has 3 atom stereocenters. The van der Waals surface area contributed by atoms with Crippen molar-refractivity contribution in [2.75, 3.05) is 11.9 Å². The lowest BCUT2D eigenvalue weighted by molar-refractivity contribution is -0.154. The number of amides is 3. The highest BCUT2D eigenvalue weighted by Gasteiger charge is 2.47. The molecule has 7 nitrogen and oxygen atoms in total. The van der Waals surface area contributed by atoms with E-state index >= 15 is 0 Å². The maximum Gasteiger partial charge on any atom is 0.308 e. The predicted octanol–water partition coefficient (Wildman–Crippen LogP) is 3.08. The number of likely N-dealkylation sites (tertiary alicyclic amines) is 1. The van der Waals surface area contributed by atoms with Gasteiger partial charge >= 0.3 is 5.97 Å². The molecular formula is C21H25ClN2O5. The molecule has 1 saturated carbocycles. The van der Waals surface area contributed by atoms with Gasteiger partial charge in [0, 0.05) is 17.3 Å². The largest absolute Gasteiger partial charge is 0.452 e. The quantitative estimate of drug-likeness (QED) is 0.564. The van der Waals surface area contributed by atoms with Gasteiger partial charge in [-0.2, -0.15) is 0 Å². The molecule has 0 radical (unpaired) electrons. The smallest absolute Gasteiger partial charge is 0.308 e. The summed E-state index contributed by atoms with van der Waals surface area (Å²) in [4.78, 5) is 50.5. The zero-order valence-corrected chi connectivity index (χ0v) is 17.3. The molecule has 3 amide bonds. The van der Waals surface area contributed by atoms with Crippen LogP contribution in [-0.4, -0.2) is 41.2 Å². The van der Waals surface area contributed by atoms with Crippen LogP contribution >= 0.6 is 11.6 Å². The predicted molar refractivity (Wildman–Crippen MR) is 107 cm³/mol. The Morgan fingerprint density at radius 1 is 1.21 bits per heavy atom. The maximum absolute atomic E-state index is 12.4. The summed E-state index contributed by atoms with van der Waals surface area (Å²) in [7, 11) is 0. The molecule has 1 heterocycles. The number of rotatable bonds is 6. The molecule has 156 valence electrons. The first-order chi connectivity index (χ1) is 13.8. The molecule has 1 aromatic carbocycles. The van der Waals surface area contributed by atoms with Crippen LogP contribution in [0.15, 0.2) is 18.2 Å². The minimum atomic E-state index is -1.02. The van der Waals surface area contributed by atoms with Crippen LogP contribution in [0.5, 0.6) is 0 Å². The van der Waals surface area contributed by atoms with E-state index in [0.29, 0.717) is 10.7 Å². The first-order valence-corrected chi connectivity index (χ1v) is 10.3. The number of nitrogens with one attached hydrogen (secondary N) is 1. The third-order valence-corrected chi connectivity index (χ3v) is 5.84. The van der Waals surface area contributed by atoms with Crippen molar-refractivity contribution in [3.05, 3.63) is 28.8 Å². The average molecular weight is 421 g/mol. The van der Waals surface area contributed by atoms with E-state index < -0.39 is 18.0 Å². The van der Waals surface area contributed by atoms with E-state index in [2.05, 4.69) is 5.32 Å². The molecule has 1 saturated heterocycles. The molecule has 2 aliphatic rings. The van der Waals surface area contributed by atoms with Crippen LogP contribution in [0.1, 0.15) is 44.6 Å². The normalized spacial score (nSPS) is 22.2. The summed E-state index contributed by atoms with van der Waals surface area (Å²) in [6, 6.07) is 5.11. The van der Waals surface area contributed by atoms with Crippen molar-refractivity contribution >= 4 is 41.0 Å². The lowest BCUT2D eigenvalue weighted by Crippen LogP contribution is -2.35. The first kappa shape index (κ1) is 21.3. The zero-order valence-electron chi connectivity index (χ0n) is 16.6. The summed E-state index contributed by atoms with van der Waals surface area (Å²) in [5.41, 5.74) is 1.37. The van der Waals surface area contributed by atoms with Gasteiger partial charge < -0.3 is 10.1 Å². The summed E-state index contributed by atoms with van der Waals surface area (Å²) < 4.78 is 5.17. The van der Waals surface area contributed by atoms with Crippen LogP contribution in [0, 0.1) is 18.8 Å². The molecule has 29 heavy (non-hydrogen) atoms. The number of esters is 1. The second-order valence-electron chi connectivity index (χ2n) is 7.66. The minimum absolute atomic E-state index is 0.00869. The van der Waals surface area contributed by atoms with E-state index in [-0.39, 0.29) is 36.6 Å². The highest BCUT2D eigenvalue weighted by molar-refractivity contribution is 6.31. The number of hydrogen-bond acceptors (Lipinski definition) is 5. The Balaban J connectivity index is 1.50. The van der Waals surface area contributed by atoms with Gasteiger partial charge in [-0.1, -0.05) is 30.5 Å². The number of carbonyl (C=O) groups is 4. The molecule has 1 aliphatic heterocycles. The molecular weight excluding hydrogens is 396 g/mol. The third kappa shape index (κ3) is 4.78. The number of imide groups is 1. The number of halogens is 1. The van der Waals surface area contributed by atoms with E-state index in [1.807, 2.05) is 6.92 Å². The van der Waals surface area contributed by atoms with Crippen molar-refractivity contribution in [3.63, 3.8) is 0 Å². The number of benzene rings is 1. The van der Waals surface area contributed by atoms with Gasteiger partial charge in [0.2, 0.25) is 11.8 Å². The summed E-state index contributed by atoms with van der Waals surface area (Å²) in [6.07, 6.45) is 2.22. The molecule has 3 rings (SSSR count). The topological polar surface area (TPSA) is 92.8 Å². The Bertz CT molecular complexity index is 816. The molecule has 8 heteroatoms. The number of anilines is 1. The standard InChI is InChI=1S/C21H25ClN2O5/c1-12-7-8-14(22)11-17(12)23-19(26)13(2)29-18(25)9-10-24-20(27)15-5-3-4-6-16(15)21(24)28/h7-8,11,13,15-16H,3-6,9-10H2,1-2H3,(H,23,26)/t13-,15-,16+/m1/s1. The number of aryl methyl sites for hydroxylation is 1. The van der Waals surface area contributed by atoms with Crippen molar-refractivity contribution in [2.24, 2.45) is 11.8 Å². The lowest BCUT2D eigenvalue weighted by atomic mass is 9.81. The highest BCUT2D eigenvalue weighted by atomic mass is 35.5. The van der Waals surface area contributed by atoms with Crippen molar-refractivity contribution in [1.29, 1.82) is 0 Å². The van der Waals surface area contributed by atoms with Gasteiger partial charge in [0.25, 0.3) is 5.91 Å². The van der Waals surface area contributed by atoms with E-state index in [0.717, 1.165) is 31.2 Å². The van der Waals surface area contributed by atoms with Gasteiger partial charge in [-0.25, -0.2) is 0 Å². The Labute approximate surface area is 174 Å². The fourth-order valence-electron chi connectivity index (χ4n) is 3.93. The Hall–Kier alpha value is -2.41. The minimum Gasteiger partial charge on any atom is -0.452 e. The van der Waals surface area contributed by atoms with Crippen LogP contribution in [0.2, 0.25) is 5.02 Å². The monoisotopic (exact) mass is 420 g/mol. The Morgan fingerprint density at radius 2 is 1.83 bits per heavy atom. The molecule has 1 aliphatic carbocycles. The number of ether oxygens (including phenoxy) is 1. The van der Waals surface area contributed by atoms with Crippen molar-refractivity contribution in [1.82, 2.24) is 4.90 Å². The molecule has 0 aromatic heterocycles. The first-order valence-electron chi connectivity index (χ1n) is 9.89. The number of fused-ring (bicyclic) bond motifs is 1. The average Bonchev–Trinajstić information content (AvgIpc) is 2.93. The van der Waals surface area contributed by atoms with Gasteiger partial charge in [-0.15, -0.1) is 0 Å². The van der Waals surface area contributed by atoms with Crippen LogP contribution < -0.4 is 5.32 Å². The zero-order chi connectivity index (χ0) is 21.1. The van der Waals surface area contributed by atoms with Crippen LogP contribution in [0.4, 0.5) is 5.69 Å². The Kier molecular flexibility index (Phi) is 6.57. The van der Waals surface area contributed by atoms with Crippen LogP contribution in [-0.2, 0) is 23.9 Å². The van der Waals surface area contributed by atoms with Crippen LogP contribution in [0.25, 0.3) is 0 Å². The maximum atomic E-state index is 12.4. The van der Waals surface area contributed by atoms with E-state index in [1.54, 1.807) is 18.2 Å². The van der Waals surface area contributed by atoms with Gasteiger partial charge in [0.15, 0.2) is 6.10 Å². The fourth-order valence-corrected chi connectivity index (χ4v) is 4.10. The molecule has 1 N–H and O–H groups in total.